The van der Waals surface area contributed by atoms with Crippen LogP contribution in [0.5, 0.6) is 0 Å². The van der Waals surface area contributed by atoms with Crippen LogP contribution in [0, 0.1) is 6.92 Å². The van der Waals surface area contributed by atoms with Gasteiger partial charge < -0.3 is 9.72 Å². The fraction of sp³-hybridized carbons (Fsp3) is 0.235. The van der Waals surface area contributed by atoms with Crippen molar-refractivity contribution in [2.75, 3.05) is 6.61 Å². The summed E-state index contributed by atoms with van der Waals surface area (Å²) in [6, 6.07) is 7.94. The molecule has 130 valence electrons. The van der Waals surface area contributed by atoms with Crippen LogP contribution in [0.1, 0.15) is 28.0 Å². The van der Waals surface area contributed by atoms with Gasteiger partial charge in [-0.2, -0.15) is 0 Å². The number of aromatic amines is 1. The molecule has 2 heterocycles. The third kappa shape index (κ3) is 3.96. The van der Waals surface area contributed by atoms with E-state index in [0.29, 0.717) is 38.8 Å². The lowest BCUT2D eigenvalue weighted by molar-refractivity contribution is 0.0531. The predicted molar refractivity (Wildman–Crippen MR) is 105 cm³/mol. The molecule has 3 rings (SSSR count). The molecule has 1 N–H and O–H groups in total. The summed E-state index contributed by atoms with van der Waals surface area (Å²) in [5.41, 5.74) is 0.403. The lowest BCUT2D eigenvalue weighted by Crippen LogP contribution is -2.11. The number of H-pyrrole nitrogens is 1. The van der Waals surface area contributed by atoms with Gasteiger partial charge >= 0.3 is 5.97 Å². The van der Waals surface area contributed by atoms with Crippen molar-refractivity contribution >= 4 is 55.2 Å². The number of aromatic nitrogens is 2. The Balaban J connectivity index is 1.89. The fourth-order valence-electron chi connectivity index (χ4n) is 2.33. The molecule has 0 saturated heterocycles. The van der Waals surface area contributed by atoms with Crippen molar-refractivity contribution in [2.24, 2.45) is 0 Å². The number of hydrogen-bond donors (Lipinski definition) is 1. The topological polar surface area (TPSA) is 72.0 Å². The Hall–Kier alpha value is -1.64. The van der Waals surface area contributed by atoms with Gasteiger partial charge in [0.1, 0.15) is 15.5 Å². The third-order valence-corrected chi connectivity index (χ3v) is 6.22. The first-order valence-corrected chi connectivity index (χ1v) is 10.2. The number of nitrogens with one attached hydrogen (secondary N) is 1. The molecule has 0 atom stereocenters. The summed E-state index contributed by atoms with van der Waals surface area (Å²) >= 11 is 6.19. The molecule has 0 aliphatic rings. The van der Waals surface area contributed by atoms with E-state index < -0.39 is 5.97 Å². The van der Waals surface area contributed by atoms with E-state index in [1.807, 2.05) is 24.3 Å². The minimum absolute atomic E-state index is 0.222. The molecular weight excluding hydrogens is 424 g/mol. The summed E-state index contributed by atoms with van der Waals surface area (Å²) in [6.45, 7) is 3.80. The lowest BCUT2D eigenvalue weighted by Gasteiger charge is -2.02. The highest BCUT2D eigenvalue weighted by Crippen LogP contribution is 2.29. The quantitative estimate of drug-likeness (QED) is 0.468. The summed E-state index contributed by atoms with van der Waals surface area (Å²) in [5.74, 6) is 0.716. The Morgan fingerprint density at radius 2 is 2.08 bits per heavy atom. The molecule has 1 aromatic carbocycles. The second kappa shape index (κ2) is 7.72. The molecular formula is C17H15BrN2O3S2. The zero-order valence-corrected chi connectivity index (χ0v) is 16.8. The predicted octanol–water partition coefficient (Wildman–Crippen LogP) is 4.52. The Morgan fingerprint density at radius 1 is 1.36 bits per heavy atom. The highest BCUT2D eigenvalue weighted by atomic mass is 79.9. The summed E-state index contributed by atoms with van der Waals surface area (Å²) in [4.78, 5) is 33.8. The highest BCUT2D eigenvalue weighted by Gasteiger charge is 2.20. The molecule has 8 heteroatoms. The number of rotatable bonds is 5. The van der Waals surface area contributed by atoms with Gasteiger partial charge in [0.05, 0.1) is 17.7 Å². The number of aryl methyl sites for hydroxylation is 1. The van der Waals surface area contributed by atoms with Gasteiger partial charge in [-0.3, -0.25) is 4.79 Å². The van der Waals surface area contributed by atoms with E-state index in [1.54, 1.807) is 25.6 Å². The van der Waals surface area contributed by atoms with Gasteiger partial charge in [-0.15, -0.1) is 23.1 Å². The van der Waals surface area contributed by atoms with Crippen LogP contribution in [0.4, 0.5) is 0 Å². The average Bonchev–Trinajstić information content (AvgIpc) is 2.92. The van der Waals surface area contributed by atoms with E-state index in [0.717, 1.165) is 9.37 Å². The van der Waals surface area contributed by atoms with Crippen LogP contribution in [0.2, 0.25) is 0 Å². The number of carbonyl (C=O) groups excluding carboxylic acids is 1. The van der Waals surface area contributed by atoms with Crippen molar-refractivity contribution in [3.63, 3.8) is 0 Å². The van der Waals surface area contributed by atoms with Crippen LogP contribution in [0.25, 0.3) is 10.2 Å². The summed E-state index contributed by atoms with van der Waals surface area (Å²) in [5, 5.41) is 0.463. The molecule has 0 radical (unpaired) electrons. The van der Waals surface area contributed by atoms with Crippen LogP contribution in [-0.2, 0) is 10.5 Å². The lowest BCUT2D eigenvalue weighted by atomic mass is 10.2. The number of esters is 1. The van der Waals surface area contributed by atoms with E-state index >= 15 is 0 Å². The SMILES string of the molecule is CCOC(=O)c1sc2nc(CSc3ccc(Br)cc3)[nH]c(=O)c2c1C. The van der Waals surface area contributed by atoms with Crippen molar-refractivity contribution in [1.29, 1.82) is 0 Å². The Kier molecular flexibility index (Phi) is 5.61. The van der Waals surface area contributed by atoms with E-state index in [9.17, 15) is 9.59 Å². The molecule has 0 unspecified atom stereocenters. The molecule has 2 aromatic heterocycles. The third-order valence-electron chi connectivity index (χ3n) is 3.50. The maximum absolute atomic E-state index is 12.4. The zero-order valence-electron chi connectivity index (χ0n) is 13.6. The van der Waals surface area contributed by atoms with Crippen LogP contribution in [-0.4, -0.2) is 22.5 Å². The average molecular weight is 439 g/mol. The van der Waals surface area contributed by atoms with Gasteiger partial charge in [0, 0.05) is 9.37 Å². The normalized spacial score (nSPS) is 11.0. The number of ether oxygens (including phenoxy) is 1. The van der Waals surface area contributed by atoms with Gasteiger partial charge in [0.25, 0.3) is 5.56 Å². The molecule has 0 fully saturated rings. The molecule has 25 heavy (non-hydrogen) atoms. The first-order valence-electron chi connectivity index (χ1n) is 7.57. The van der Waals surface area contributed by atoms with Crippen LogP contribution >= 0.6 is 39.0 Å². The minimum Gasteiger partial charge on any atom is -0.462 e. The Labute approximate surface area is 161 Å². The van der Waals surface area contributed by atoms with E-state index in [4.69, 9.17) is 4.74 Å². The molecule has 5 nitrogen and oxygen atoms in total. The van der Waals surface area contributed by atoms with Gasteiger partial charge in [0.2, 0.25) is 0 Å². The number of hydrogen-bond acceptors (Lipinski definition) is 6. The number of carbonyl (C=O) groups is 1. The minimum atomic E-state index is -0.409. The van der Waals surface area contributed by atoms with E-state index in [2.05, 4.69) is 25.9 Å². The second-order valence-corrected chi connectivity index (χ2v) is 8.18. The Bertz CT molecular complexity index is 980. The van der Waals surface area contributed by atoms with Crippen molar-refractivity contribution in [1.82, 2.24) is 9.97 Å². The first kappa shape index (κ1) is 18.2. The molecule has 0 aliphatic carbocycles. The molecule has 0 bridgehead atoms. The Morgan fingerprint density at radius 3 is 2.76 bits per heavy atom. The van der Waals surface area contributed by atoms with Crippen molar-refractivity contribution in [3.05, 3.63) is 55.4 Å². The van der Waals surface area contributed by atoms with Crippen molar-refractivity contribution in [3.8, 4) is 0 Å². The maximum atomic E-state index is 12.4. The van der Waals surface area contributed by atoms with Gasteiger partial charge in [-0.05, 0) is 43.7 Å². The molecule has 0 aliphatic heterocycles. The fourth-order valence-corrected chi connectivity index (χ4v) is 4.46. The van der Waals surface area contributed by atoms with Crippen LogP contribution < -0.4 is 5.56 Å². The van der Waals surface area contributed by atoms with Gasteiger partial charge in [0.15, 0.2) is 0 Å². The van der Waals surface area contributed by atoms with Crippen molar-refractivity contribution in [2.45, 2.75) is 24.5 Å². The number of halogens is 1. The van der Waals surface area contributed by atoms with Crippen LogP contribution in [0.3, 0.4) is 0 Å². The summed E-state index contributed by atoms with van der Waals surface area (Å²) < 4.78 is 6.07. The smallest absolute Gasteiger partial charge is 0.348 e. The van der Waals surface area contributed by atoms with E-state index in [-0.39, 0.29) is 5.56 Å². The zero-order chi connectivity index (χ0) is 18.0. The first-order chi connectivity index (χ1) is 12.0. The maximum Gasteiger partial charge on any atom is 0.348 e. The summed E-state index contributed by atoms with van der Waals surface area (Å²) in [6.07, 6.45) is 0. The standard InChI is InChI=1S/C17H15BrN2O3S2/c1-3-23-17(22)14-9(2)13-15(21)19-12(20-16(13)25-14)8-24-11-6-4-10(18)5-7-11/h4-7H,3,8H2,1-2H3,(H,19,20,21). The van der Waals surface area contributed by atoms with Gasteiger partial charge in [-0.1, -0.05) is 15.9 Å². The van der Waals surface area contributed by atoms with E-state index in [1.165, 1.54) is 11.3 Å². The molecule has 0 amide bonds. The highest BCUT2D eigenvalue weighted by molar-refractivity contribution is 9.10. The number of fused-ring (bicyclic) bond motifs is 1. The van der Waals surface area contributed by atoms with Gasteiger partial charge in [-0.25, -0.2) is 9.78 Å². The monoisotopic (exact) mass is 438 g/mol. The summed E-state index contributed by atoms with van der Waals surface area (Å²) in [7, 11) is 0. The van der Waals surface area contributed by atoms with Crippen molar-refractivity contribution < 1.29 is 9.53 Å². The largest absolute Gasteiger partial charge is 0.462 e. The number of thioether (sulfide) groups is 1. The number of benzene rings is 1. The molecule has 0 spiro atoms. The number of thiophene rings is 1. The molecule has 0 saturated carbocycles. The second-order valence-electron chi connectivity index (χ2n) is 5.21. The molecule has 3 aromatic rings. The van der Waals surface area contributed by atoms with Crippen LogP contribution in [0.15, 0.2) is 38.4 Å². The number of nitrogens with zero attached hydrogens (tertiary/aromatic N) is 1.